The first-order chi connectivity index (χ1) is 13.2. The molecule has 2 aliphatic rings. The van der Waals surface area contributed by atoms with Crippen LogP contribution in [0.5, 0.6) is 0 Å². The van der Waals surface area contributed by atoms with Gasteiger partial charge in [0, 0.05) is 44.0 Å². The number of aromatic nitrogens is 1. The van der Waals surface area contributed by atoms with Crippen LogP contribution in [-0.4, -0.2) is 42.1 Å². The average Bonchev–Trinajstić information content (AvgIpc) is 2.75. The molecule has 4 rings (SSSR count). The zero-order chi connectivity index (χ0) is 18.6. The van der Waals surface area contributed by atoms with Crippen LogP contribution < -0.4 is 4.90 Å². The number of anilines is 1. The lowest BCUT2D eigenvalue weighted by molar-refractivity contribution is 0.209. The van der Waals surface area contributed by atoms with Crippen molar-refractivity contribution in [3.05, 3.63) is 48.2 Å². The lowest BCUT2D eigenvalue weighted by Crippen LogP contribution is -2.49. The molecular formula is C24H33N3. The Balaban J connectivity index is 1.40. The molecule has 0 N–H and O–H groups in total. The molecular weight excluding hydrogens is 330 g/mol. The monoisotopic (exact) mass is 363 g/mol. The van der Waals surface area contributed by atoms with E-state index in [9.17, 15) is 0 Å². The van der Waals surface area contributed by atoms with E-state index in [0.29, 0.717) is 6.04 Å². The fourth-order valence-electron chi connectivity index (χ4n) is 4.59. The third-order valence-electron chi connectivity index (χ3n) is 6.44. The van der Waals surface area contributed by atoms with Crippen molar-refractivity contribution in [2.45, 2.75) is 57.9 Å². The lowest BCUT2D eigenvalue weighted by Gasteiger charge is -2.37. The van der Waals surface area contributed by atoms with Crippen molar-refractivity contribution in [1.82, 2.24) is 9.88 Å². The maximum absolute atomic E-state index is 4.77. The molecule has 27 heavy (non-hydrogen) atoms. The normalized spacial score (nSPS) is 19.6. The smallest absolute Gasteiger partial charge is 0.128 e. The van der Waals surface area contributed by atoms with E-state index in [-0.39, 0.29) is 0 Å². The van der Waals surface area contributed by atoms with Gasteiger partial charge >= 0.3 is 0 Å². The van der Waals surface area contributed by atoms with Crippen LogP contribution >= 0.6 is 0 Å². The van der Waals surface area contributed by atoms with Crippen molar-refractivity contribution in [1.29, 1.82) is 0 Å². The predicted octanol–water partition coefficient (Wildman–Crippen LogP) is 5.33. The van der Waals surface area contributed by atoms with E-state index in [4.69, 9.17) is 4.98 Å². The summed E-state index contributed by atoms with van der Waals surface area (Å²) in [5.74, 6) is 1.89. The van der Waals surface area contributed by atoms with Crippen molar-refractivity contribution in [3.8, 4) is 11.1 Å². The minimum Gasteiger partial charge on any atom is -0.354 e. The maximum Gasteiger partial charge on any atom is 0.128 e. The molecule has 1 aromatic carbocycles. The molecule has 1 aliphatic heterocycles. The first kappa shape index (κ1) is 18.5. The molecule has 3 heteroatoms. The van der Waals surface area contributed by atoms with Crippen LogP contribution in [0.15, 0.2) is 42.6 Å². The third kappa shape index (κ3) is 4.35. The van der Waals surface area contributed by atoms with E-state index < -0.39 is 0 Å². The van der Waals surface area contributed by atoms with Gasteiger partial charge in [0.15, 0.2) is 0 Å². The van der Waals surface area contributed by atoms with Crippen LogP contribution in [0.4, 0.5) is 5.82 Å². The number of rotatable bonds is 4. The molecule has 3 nitrogen and oxygen atoms in total. The Morgan fingerprint density at radius 3 is 2.07 bits per heavy atom. The van der Waals surface area contributed by atoms with Gasteiger partial charge in [0.05, 0.1) is 0 Å². The predicted molar refractivity (Wildman–Crippen MR) is 114 cm³/mol. The van der Waals surface area contributed by atoms with Gasteiger partial charge in [0.1, 0.15) is 5.82 Å². The first-order valence-electron chi connectivity index (χ1n) is 10.8. The van der Waals surface area contributed by atoms with Crippen LogP contribution in [0, 0.1) is 0 Å². The third-order valence-corrected chi connectivity index (χ3v) is 6.44. The minimum absolute atomic E-state index is 0.638. The van der Waals surface area contributed by atoms with E-state index in [1.807, 2.05) is 6.20 Å². The van der Waals surface area contributed by atoms with E-state index >= 15 is 0 Å². The highest BCUT2D eigenvalue weighted by atomic mass is 15.3. The summed E-state index contributed by atoms with van der Waals surface area (Å²) in [7, 11) is 0. The Bertz CT molecular complexity index is 706. The van der Waals surface area contributed by atoms with Crippen molar-refractivity contribution < 1.29 is 0 Å². The molecule has 0 bridgehead atoms. The summed E-state index contributed by atoms with van der Waals surface area (Å²) in [5.41, 5.74) is 4.01. The molecule has 2 heterocycles. The number of piperazine rings is 1. The van der Waals surface area contributed by atoms with Crippen LogP contribution in [0.3, 0.4) is 0 Å². The van der Waals surface area contributed by atoms with Gasteiger partial charge in [-0.3, -0.25) is 4.90 Å². The summed E-state index contributed by atoms with van der Waals surface area (Å²) in [6, 6.07) is 14.3. The summed E-state index contributed by atoms with van der Waals surface area (Å²) < 4.78 is 0. The van der Waals surface area contributed by atoms with E-state index in [2.05, 4.69) is 60.0 Å². The Hall–Kier alpha value is -1.87. The highest BCUT2D eigenvalue weighted by molar-refractivity contribution is 5.64. The second kappa shape index (κ2) is 8.43. The van der Waals surface area contributed by atoms with E-state index in [1.165, 1.54) is 48.8 Å². The molecule has 0 radical (unpaired) electrons. The zero-order valence-electron chi connectivity index (χ0n) is 16.9. The van der Waals surface area contributed by atoms with Crippen molar-refractivity contribution >= 4 is 5.82 Å². The topological polar surface area (TPSA) is 19.4 Å². The van der Waals surface area contributed by atoms with Gasteiger partial charge in [-0.1, -0.05) is 43.5 Å². The standard InChI is InChI=1S/C24H33N3/c1-19(2)26-14-16-27(17-15-26)24-13-12-23(18-25-24)22-10-8-21(9-11-22)20-6-4-3-5-7-20/h8-13,18-20H,3-7,14-17H2,1-2H3. The van der Waals surface area contributed by atoms with Crippen LogP contribution in [0.1, 0.15) is 57.4 Å². The Morgan fingerprint density at radius 1 is 0.815 bits per heavy atom. The molecule has 2 fully saturated rings. The van der Waals surface area contributed by atoms with E-state index in [0.717, 1.165) is 37.9 Å². The highest BCUT2D eigenvalue weighted by Gasteiger charge is 2.19. The molecule has 0 spiro atoms. The summed E-state index contributed by atoms with van der Waals surface area (Å²) in [5, 5.41) is 0. The van der Waals surface area contributed by atoms with Gasteiger partial charge in [-0.2, -0.15) is 0 Å². The van der Waals surface area contributed by atoms with Crippen LogP contribution in [0.2, 0.25) is 0 Å². The zero-order valence-corrected chi connectivity index (χ0v) is 16.9. The second-order valence-corrected chi connectivity index (χ2v) is 8.48. The molecule has 1 saturated heterocycles. The van der Waals surface area contributed by atoms with Crippen molar-refractivity contribution in [3.63, 3.8) is 0 Å². The van der Waals surface area contributed by atoms with Crippen molar-refractivity contribution in [2.75, 3.05) is 31.1 Å². The average molecular weight is 364 g/mol. The largest absolute Gasteiger partial charge is 0.354 e. The Labute approximate surface area is 164 Å². The fraction of sp³-hybridized carbons (Fsp3) is 0.542. The maximum atomic E-state index is 4.77. The number of hydrogen-bond donors (Lipinski definition) is 0. The van der Waals surface area contributed by atoms with Gasteiger partial charge in [-0.15, -0.1) is 0 Å². The van der Waals surface area contributed by atoms with Gasteiger partial charge in [0.25, 0.3) is 0 Å². The molecule has 2 aromatic rings. The Morgan fingerprint density at radius 2 is 1.48 bits per heavy atom. The molecule has 0 atom stereocenters. The summed E-state index contributed by atoms with van der Waals surface area (Å²) in [6.45, 7) is 8.96. The lowest BCUT2D eigenvalue weighted by atomic mass is 9.84. The SMILES string of the molecule is CC(C)N1CCN(c2ccc(-c3ccc(C4CCCCC4)cc3)cn2)CC1. The molecule has 0 amide bonds. The van der Waals surface area contributed by atoms with Gasteiger partial charge in [0.2, 0.25) is 0 Å². The quantitative estimate of drug-likeness (QED) is 0.732. The van der Waals surface area contributed by atoms with E-state index in [1.54, 1.807) is 0 Å². The minimum atomic E-state index is 0.638. The summed E-state index contributed by atoms with van der Waals surface area (Å²) >= 11 is 0. The van der Waals surface area contributed by atoms with Crippen molar-refractivity contribution in [2.24, 2.45) is 0 Å². The molecule has 1 saturated carbocycles. The molecule has 0 unspecified atom stereocenters. The van der Waals surface area contributed by atoms with Crippen LogP contribution in [-0.2, 0) is 0 Å². The summed E-state index contributed by atoms with van der Waals surface area (Å²) in [6.07, 6.45) is 8.96. The number of hydrogen-bond acceptors (Lipinski definition) is 3. The second-order valence-electron chi connectivity index (χ2n) is 8.48. The van der Waals surface area contributed by atoms with Gasteiger partial charge < -0.3 is 4.90 Å². The number of pyridine rings is 1. The van der Waals surface area contributed by atoms with Crippen LogP contribution in [0.25, 0.3) is 11.1 Å². The summed E-state index contributed by atoms with van der Waals surface area (Å²) in [4.78, 5) is 9.72. The molecule has 144 valence electrons. The Kier molecular flexibility index (Phi) is 5.77. The number of benzene rings is 1. The number of nitrogens with zero attached hydrogens (tertiary/aromatic N) is 3. The highest BCUT2D eigenvalue weighted by Crippen LogP contribution is 2.33. The first-order valence-corrected chi connectivity index (χ1v) is 10.8. The fourth-order valence-corrected chi connectivity index (χ4v) is 4.59. The molecule has 1 aliphatic carbocycles. The molecule has 1 aromatic heterocycles. The van der Waals surface area contributed by atoms with Gasteiger partial charge in [-0.25, -0.2) is 4.98 Å². The van der Waals surface area contributed by atoms with Gasteiger partial charge in [-0.05, 0) is 55.9 Å².